The molecule has 0 heterocycles. The number of alkyl halides is 4. The molecule has 0 radical (unpaired) electrons. The first-order valence-corrected chi connectivity index (χ1v) is 6.84. The molecule has 94 valence electrons. The van der Waals surface area contributed by atoms with Gasteiger partial charge in [-0.05, 0) is 11.1 Å². The zero-order valence-corrected chi connectivity index (χ0v) is 12.3. The molecule has 0 fully saturated rings. The van der Waals surface area contributed by atoms with Gasteiger partial charge in [0.05, 0.1) is 0 Å². The Morgan fingerprint density at radius 1 is 0.500 bits per heavy atom. The molecule has 0 spiro atoms. The van der Waals surface area contributed by atoms with Gasteiger partial charge in [0.25, 0.3) is 0 Å². The molecule has 0 saturated carbocycles. The first-order chi connectivity index (χ1) is 8.46. The third-order valence-corrected chi connectivity index (χ3v) is 5.06. The maximum atomic E-state index is 6.39. The van der Waals surface area contributed by atoms with Crippen molar-refractivity contribution in [2.75, 3.05) is 0 Å². The minimum Gasteiger partial charge on any atom is -0.0925 e. The average Bonchev–Trinajstić information content (AvgIpc) is 2.40. The van der Waals surface area contributed by atoms with Gasteiger partial charge in [-0.3, -0.25) is 0 Å². The van der Waals surface area contributed by atoms with Gasteiger partial charge >= 0.3 is 0 Å². The quantitative estimate of drug-likeness (QED) is 0.641. The Hall–Kier alpha value is -0.400. The van der Waals surface area contributed by atoms with E-state index in [0.717, 1.165) is 0 Å². The number of halogens is 4. The lowest BCUT2D eigenvalue weighted by Crippen LogP contribution is -2.31. The first-order valence-electron chi connectivity index (χ1n) is 5.33. The van der Waals surface area contributed by atoms with E-state index in [0.29, 0.717) is 11.1 Å². The molecule has 0 aliphatic rings. The van der Waals surface area contributed by atoms with Crippen molar-refractivity contribution in [2.45, 2.75) is 8.67 Å². The van der Waals surface area contributed by atoms with Crippen LogP contribution >= 0.6 is 46.4 Å². The second-order valence-corrected chi connectivity index (χ2v) is 6.54. The van der Waals surface area contributed by atoms with Crippen molar-refractivity contribution in [3.05, 3.63) is 71.8 Å². The third-order valence-electron chi connectivity index (χ3n) is 2.67. The zero-order valence-electron chi connectivity index (χ0n) is 9.29. The molecule has 4 heteroatoms. The summed E-state index contributed by atoms with van der Waals surface area (Å²) in [6.45, 7) is 0. The maximum absolute atomic E-state index is 6.39. The summed E-state index contributed by atoms with van der Waals surface area (Å²) in [5.41, 5.74) is 1.31. The van der Waals surface area contributed by atoms with Gasteiger partial charge in [-0.15, -0.1) is 0 Å². The van der Waals surface area contributed by atoms with Crippen molar-refractivity contribution < 1.29 is 0 Å². The summed E-state index contributed by atoms with van der Waals surface area (Å²) >= 11 is 25.6. The first kappa shape index (κ1) is 14.0. The Labute approximate surface area is 126 Å². The molecule has 0 N–H and O–H groups in total. The summed E-state index contributed by atoms with van der Waals surface area (Å²) in [4.78, 5) is 0. The van der Waals surface area contributed by atoms with Crippen LogP contribution in [0.3, 0.4) is 0 Å². The monoisotopic (exact) mass is 318 g/mol. The molecule has 0 aromatic heterocycles. The normalized spacial score (nSPS) is 12.4. The van der Waals surface area contributed by atoms with Crippen LogP contribution in [0.25, 0.3) is 0 Å². The average molecular weight is 320 g/mol. The van der Waals surface area contributed by atoms with Crippen molar-refractivity contribution in [3.8, 4) is 0 Å². The zero-order chi connectivity index (χ0) is 13.2. The van der Waals surface area contributed by atoms with Crippen LogP contribution in [0.15, 0.2) is 60.7 Å². The van der Waals surface area contributed by atoms with Gasteiger partial charge in [-0.1, -0.05) is 107 Å². The van der Waals surface area contributed by atoms with Crippen LogP contribution in [-0.4, -0.2) is 0 Å². The molecular formula is C14H10Cl4. The number of hydrogen-bond donors (Lipinski definition) is 0. The van der Waals surface area contributed by atoms with E-state index in [2.05, 4.69) is 0 Å². The van der Waals surface area contributed by atoms with E-state index in [1.165, 1.54) is 0 Å². The lowest BCUT2D eigenvalue weighted by molar-refractivity contribution is 0.732. The van der Waals surface area contributed by atoms with E-state index in [-0.39, 0.29) is 0 Å². The van der Waals surface area contributed by atoms with Crippen LogP contribution in [0.2, 0.25) is 0 Å². The smallest absolute Gasteiger partial charge is 0.0925 e. The number of benzene rings is 2. The minimum atomic E-state index is -1.43. The fourth-order valence-electron chi connectivity index (χ4n) is 1.66. The molecular weight excluding hydrogens is 310 g/mol. The molecule has 18 heavy (non-hydrogen) atoms. The minimum absolute atomic E-state index is 0.655. The van der Waals surface area contributed by atoms with Gasteiger partial charge in [-0.2, -0.15) is 0 Å². The molecule has 0 aliphatic heterocycles. The van der Waals surface area contributed by atoms with Crippen LogP contribution in [0.5, 0.6) is 0 Å². The summed E-state index contributed by atoms with van der Waals surface area (Å²) in [5.74, 6) is 0. The van der Waals surface area contributed by atoms with Gasteiger partial charge < -0.3 is 0 Å². The van der Waals surface area contributed by atoms with Crippen LogP contribution in [0.4, 0.5) is 0 Å². The van der Waals surface area contributed by atoms with Gasteiger partial charge in [0.1, 0.15) is 0 Å². The standard InChI is InChI=1S/C14H10Cl4/c15-13(16,11-7-3-1-4-8-11)14(17,18)12-9-5-2-6-10-12/h1-10H. The molecule has 0 amide bonds. The summed E-state index contributed by atoms with van der Waals surface area (Å²) in [7, 11) is 0. The summed E-state index contributed by atoms with van der Waals surface area (Å²) in [6, 6.07) is 18.3. The molecule has 0 bridgehead atoms. The second-order valence-electron chi connectivity index (χ2n) is 3.88. The molecule has 2 aromatic carbocycles. The van der Waals surface area contributed by atoms with Crippen molar-refractivity contribution in [1.82, 2.24) is 0 Å². The van der Waals surface area contributed by atoms with E-state index < -0.39 is 8.67 Å². The van der Waals surface area contributed by atoms with Crippen LogP contribution < -0.4 is 0 Å². The fourth-order valence-corrected chi connectivity index (χ4v) is 2.60. The highest BCUT2D eigenvalue weighted by Gasteiger charge is 2.49. The topological polar surface area (TPSA) is 0 Å². The Morgan fingerprint density at radius 3 is 1.06 bits per heavy atom. The van der Waals surface area contributed by atoms with Gasteiger partial charge in [0.2, 0.25) is 0 Å². The van der Waals surface area contributed by atoms with Gasteiger partial charge in [0, 0.05) is 0 Å². The number of hydrogen-bond acceptors (Lipinski definition) is 0. The Bertz CT molecular complexity index is 456. The third kappa shape index (κ3) is 2.48. The van der Waals surface area contributed by atoms with Crippen LogP contribution in [0, 0.1) is 0 Å². The maximum Gasteiger partial charge on any atom is 0.180 e. The summed E-state index contributed by atoms with van der Waals surface area (Å²) in [6.07, 6.45) is 0. The predicted molar refractivity (Wildman–Crippen MR) is 79.7 cm³/mol. The molecule has 0 aliphatic carbocycles. The SMILES string of the molecule is ClC(Cl)(c1ccccc1)C(Cl)(Cl)c1ccccc1. The molecule has 2 aromatic rings. The van der Waals surface area contributed by atoms with Crippen molar-refractivity contribution in [3.63, 3.8) is 0 Å². The van der Waals surface area contributed by atoms with Gasteiger partial charge in [-0.25, -0.2) is 0 Å². The highest BCUT2D eigenvalue weighted by atomic mass is 35.5. The predicted octanol–water partition coefficient (Wildman–Crippen LogP) is 5.65. The largest absolute Gasteiger partial charge is 0.180 e. The lowest BCUT2D eigenvalue weighted by Gasteiger charge is -2.33. The molecule has 0 atom stereocenters. The summed E-state index contributed by atoms with van der Waals surface area (Å²) in [5, 5.41) is 0. The van der Waals surface area contributed by atoms with E-state index in [4.69, 9.17) is 46.4 Å². The number of rotatable bonds is 3. The molecule has 0 nitrogen and oxygen atoms in total. The van der Waals surface area contributed by atoms with Crippen molar-refractivity contribution in [2.24, 2.45) is 0 Å². The molecule has 2 rings (SSSR count). The Kier molecular flexibility index (Phi) is 4.13. The van der Waals surface area contributed by atoms with Crippen molar-refractivity contribution in [1.29, 1.82) is 0 Å². The fraction of sp³-hybridized carbons (Fsp3) is 0.143. The summed E-state index contributed by atoms with van der Waals surface area (Å²) < 4.78 is -2.86. The van der Waals surface area contributed by atoms with E-state index in [9.17, 15) is 0 Å². The highest BCUT2D eigenvalue weighted by molar-refractivity contribution is 6.61. The van der Waals surface area contributed by atoms with Crippen LogP contribution in [0.1, 0.15) is 11.1 Å². The van der Waals surface area contributed by atoms with Crippen LogP contribution in [-0.2, 0) is 8.67 Å². The molecule has 0 saturated heterocycles. The van der Waals surface area contributed by atoms with Crippen molar-refractivity contribution >= 4 is 46.4 Å². The highest BCUT2D eigenvalue weighted by Crippen LogP contribution is 2.56. The van der Waals surface area contributed by atoms with E-state index in [1.807, 2.05) is 36.4 Å². The Morgan fingerprint density at radius 2 is 0.778 bits per heavy atom. The molecule has 0 unspecified atom stereocenters. The van der Waals surface area contributed by atoms with Gasteiger partial charge in [0.15, 0.2) is 8.67 Å². The lowest BCUT2D eigenvalue weighted by atomic mass is 10.0. The second kappa shape index (κ2) is 5.30. The van der Waals surface area contributed by atoms with E-state index >= 15 is 0 Å². The Balaban J connectivity index is 2.47. The van der Waals surface area contributed by atoms with E-state index in [1.54, 1.807) is 24.3 Å².